The maximum atomic E-state index is 12.2. The first-order valence-corrected chi connectivity index (χ1v) is 7.75. The molecular formula is C17H24N2O3. The van der Waals surface area contributed by atoms with Crippen LogP contribution in [0.15, 0.2) is 24.3 Å². The highest BCUT2D eigenvalue weighted by Crippen LogP contribution is 2.29. The molecule has 1 aromatic rings. The van der Waals surface area contributed by atoms with Crippen LogP contribution >= 0.6 is 0 Å². The minimum Gasteiger partial charge on any atom is -0.467 e. The summed E-state index contributed by atoms with van der Waals surface area (Å²) in [5.41, 5.74) is 2.45. The van der Waals surface area contributed by atoms with Crippen molar-refractivity contribution in [2.24, 2.45) is 5.92 Å². The van der Waals surface area contributed by atoms with Gasteiger partial charge >= 0.3 is 12.0 Å². The molecule has 0 spiro atoms. The van der Waals surface area contributed by atoms with E-state index in [4.69, 9.17) is 4.74 Å². The van der Waals surface area contributed by atoms with Gasteiger partial charge in [0.05, 0.1) is 13.2 Å². The Kier molecular flexibility index (Phi) is 5.41. The van der Waals surface area contributed by atoms with Crippen LogP contribution in [0.25, 0.3) is 0 Å². The second-order valence-electron chi connectivity index (χ2n) is 6.01. The highest BCUT2D eigenvalue weighted by Gasteiger charge is 2.27. The Morgan fingerprint density at radius 2 is 2.00 bits per heavy atom. The van der Waals surface area contributed by atoms with E-state index in [-0.39, 0.29) is 18.0 Å². The minimum atomic E-state index is -0.635. The van der Waals surface area contributed by atoms with Crippen LogP contribution in [0, 0.1) is 5.92 Å². The zero-order valence-electron chi connectivity index (χ0n) is 13.4. The first kappa shape index (κ1) is 16.3. The fourth-order valence-electron chi connectivity index (χ4n) is 2.87. The largest absolute Gasteiger partial charge is 0.467 e. The van der Waals surface area contributed by atoms with Crippen molar-refractivity contribution in [3.05, 3.63) is 35.4 Å². The smallest absolute Gasteiger partial charge is 0.328 e. The third-order valence-electron chi connectivity index (χ3n) is 4.08. The molecule has 1 aliphatic carbocycles. The van der Waals surface area contributed by atoms with E-state index in [1.165, 1.54) is 18.2 Å². The Bertz CT molecular complexity index is 542. The van der Waals surface area contributed by atoms with Gasteiger partial charge < -0.3 is 15.4 Å². The quantitative estimate of drug-likeness (QED) is 0.840. The van der Waals surface area contributed by atoms with E-state index >= 15 is 0 Å². The Morgan fingerprint density at radius 3 is 2.68 bits per heavy atom. The van der Waals surface area contributed by atoms with E-state index < -0.39 is 12.0 Å². The minimum absolute atomic E-state index is 0.00425. The lowest BCUT2D eigenvalue weighted by Gasteiger charge is -2.28. The molecule has 0 bridgehead atoms. The molecule has 5 nitrogen and oxygen atoms in total. The highest BCUT2D eigenvalue weighted by atomic mass is 16.5. The number of esters is 1. The van der Waals surface area contributed by atoms with E-state index in [9.17, 15) is 9.59 Å². The zero-order chi connectivity index (χ0) is 16.1. The van der Waals surface area contributed by atoms with Crippen LogP contribution in [0.2, 0.25) is 0 Å². The number of methoxy groups -OCH3 is 1. The maximum Gasteiger partial charge on any atom is 0.328 e. The number of carbonyl (C=O) groups is 2. The molecular weight excluding hydrogens is 280 g/mol. The third-order valence-corrected chi connectivity index (χ3v) is 4.08. The molecule has 2 rings (SSSR count). The van der Waals surface area contributed by atoms with Gasteiger partial charge in [-0.3, -0.25) is 0 Å². The van der Waals surface area contributed by atoms with Crippen molar-refractivity contribution < 1.29 is 14.3 Å². The van der Waals surface area contributed by atoms with Gasteiger partial charge in [-0.15, -0.1) is 0 Å². The highest BCUT2D eigenvalue weighted by molar-refractivity contribution is 5.83. The molecule has 5 heteroatoms. The Balaban J connectivity index is 2.02. The maximum absolute atomic E-state index is 12.2. The first-order valence-electron chi connectivity index (χ1n) is 7.75. The van der Waals surface area contributed by atoms with Crippen molar-refractivity contribution in [3.8, 4) is 0 Å². The summed E-state index contributed by atoms with van der Waals surface area (Å²) in [5.74, 6) is -0.453. The molecule has 22 heavy (non-hydrogen) atoms. The van der Waals surface area contributed by atoms with Crippen LogP contribution in [-0.4, -0.2) is 25.2 Å². The number of hydrogen-bond acceptors (Lipinski definition) is 3. The Morgan fingerprint density at radius 1 is 1.27 bits per heavy atom. The van der Waals surface area contributed by atoms with E-state index in [2.05, 4.69) is 22.8 Å². The average Bonchev–Trinajstić information content (AvgIpc) is 2.52. The molecule has 0 aromatic heterocycles. The van der Waals surface area contributed by atoms with Gasteiger partial charge in [-0.1, -0.05) is 38.1 Å². The SMILES string of the molecule is COC(=O)[C@@H](NC(=O)N[C@@H]1CCCc2ccccc21)C(C)C. The lowest BCUT2D eigenvalue weighted by Crippen LogP contribution is -2.50. The van der Waals surface area contributed by atoms with Gasteiger partial charge in [-0.25, -0.2) is 9.59 Å². The predicted molar refractivity (Wildman–Crippen MR) is 84.4 cm³/mol. The van der Waals surface area contributed by atoms with Crippen molar-refractivity contribution in [1.82, 2.24) is 10.6 Å². The summed E-state index contributed by atoms with van der Waals surface area (Å²) >= 11 is 0. The van der Waals surface area contributed by atoms with Gasteiger partial charge in [0.1, 0.15) is 6.04 Å². The van der Waals surface area contributed by atoms with Gasteiger partial charge in [0.15, 0.2) is 0 Å². The molecule has 0 radical (unpaired) electrons. The summed E-state index contributed by atoms with van der Waals surface area (Å²) < 4.78 is 4.74. The molecule has 2 amide bonds. The van der Waals surface area contributed by atoms with E-state index in [0.717, 1.165) is 19.3 Å². The number of fused-ring (bicyclic) bond motifs is 1. The molecule has 1 aliphatic rings. The molecule has 0 saturated heterocycles. The van der Waals surface area contributed by atoms with Gasteiger partial charge in [0, 0.05) is 0 Å². The summed E-state index contributed by atoms with van der Waals surface area (Å²) in [7, 11) is 1.33. The summed E-state index contributed by atoms with van der Waals surface area (Å²) in [6.45, 7) is 3.75. The normalized spacial score (nSPS) is 18.3. The third kappa shape index (κ3) is 3.78. The molecule has 0 fully saturated rings. The fourth-order valence-corrected chi connectivity index (χ4v) is 2.87. The van der Waals surface area contributed by atoms with Gasteiger partial charge in [0.25, 0.3) is 0 Å². The van der Waals surface area contributed by atoms with Crippen LogP contribution in [0.5, 0.6) is 0 Å². The number of carbonyl (C=O) groups excluding carboxylic acids is 2. The Labute approximate surface area is 131 Å². The fraction of sp³-hybridized carbons (Fsp3) is 0.529. The molecule has 2 N–H and O–H groups in total. The molecule has 0 unspecified atom stereocenters. The number of benzene rings is 1. The van der Waals surface area contributed by atoms with Gasteiger partial charge in [0.2, 0.25) is 0 Å². The number of amides is 2. The lowest BCUT2D eigenvalue weighted by molar-refractivity contribution is -0.143. The molecule has 0 saturated carbocycles. The second kappa shape index (κ2) is 7.29. The number of hydrogen-bond donors (Lipinski definition) is 2. The van der Waals surface area contributed by atoms with Gasteiger partial charge in [-0.05, 0) is 36.3 Å². The van der Waals surface area contributed by atoms with E-state index in [1.807, 2.05) is 26.0 Å². The van der Waals surface area contributed by atoms with Gasteiger partial charge in [-0.2, -0.15) is 0 Å². The average molecular weight is 304 g/mol. The predicted octanol–water partition coefficient (Wildman–Crippen LogP) is 2.56. The van der Waals surface area contributed by atoms with Crippen molar-refractivity contribution in [3.63, 3.8) is 0 Å². The number of rotatable bonds is 4. The standard InChI is InChI=1S/C17H24N2O3/c1-11(2)15(16(20)22-3)19-17(21)18-14-10-6-8-12-7-4-5-9-13(12)14/h4-5,7,9,11,14-15H,6,8,10H2,1-3H3,(H2,18,19,21)/t14-,15+/m1/s1. The summed E-state index contributed by atoms with van der Waals surface area (Å²) in [4.78, 5) is 23.9. The zero-order valence-corrected chi connectivity index (χ0v) is 13.4. The second-order valence-corrected chi connectivity index (χ2v) is 6.01. The van der Waals surface area contributed by atoms with Crippen molar-refractivity contribution in [1.29, 1.82) is 0 Å². The van der Waals surface area contributed by atoms with Crippen molar-refractivity contribution in [2.75, 3.05) is 7.11 Å². The number of ether oxygens (including phenoxy) is 1. The molecule has 2 atom stereocenters. The van der Waals surface area contributed by atoms with Crippen LogP contribution in [0.3, 0.4) is 0 Å². The number of urea groups is 1. The molecule has 0 heterocycles. The summed E-state index contributed by atoms with van der Waals surface area (Å²) in [6, 6.07) is 7.20. The van der Waals surface area contributed by atoms with E-state index in [1.54, 1.807) is 0 Å². The van der Waals surface area contributed by atoms with Crippen LogP contribution in [-0.2, 0) is 16.0 Å². The van der Waals surface area contributed by atoms with E-state index in [0.29, 0.717) is 0 Å². The number of nitrogens with one attached hydrogen (secondary N) is 2. The van der Waals surface area contributed by atoms with Crippen molar-refractivity contribution >= 4 is 12.0 Å². The first-order chi connectivity index (χ1) is 10.5. The molecule has 1 aromatic carbocycles. The van der Waals surface area contributed by atoms with Crippen LogP contribution in [0.1, 0.15) is 43.9 Å². The molecule has 120 valence electrons. The topological polar surface area (TPSA) is 67.4 Å². The summed E-state index contributed by atoms with van der Waals surface area (Å²) in [5, 5.41) is 5.70. The molecule has 0 aliphatic heterocycles. The summed E-state index contributed by atoms with van der Waals surface area (Å²) in [6.07, 6.45) is 3.01. The Hall–Kier alpha value is -2.04. The van der Waals surface area contributed by atoms with Crippen LogP contribution < -0.4 is 10.6 Å². The van der Waals surface area contributed by atoms with Crippen LogP contribution in [0.4, 0.5) is 4.79 Å². The van der Waals surface area contributed by atoms with Crippen molar-refractivity contribution in [2.45, 2.75) is 45.2 Å². The monoisotopic (exact) mass is 304 g/mol. The number of aryl methyl sites for hydroxylation is 1. The lowest BCUT2D eigenvalue weighted by atomic mass is 9.88.